The number of rotatable bonds is 10. The van der Waals surface area contributed by atoms with Crippen LogP contribution in [0.1, 0.15) is 25.3 Å². The monoisotopic (exact) mass is 482 g/mol. The van der Waals surface area contributed by atoms with Gasteiger partial charge in [0.15, 0.2) is 6.61 Å². The third kappa shape index (κ3) is 8.42. The summed E-state index contributed by atoms with van der Waals surface area (Å²) in [6.07, 6.45) is 3.35. The van der Waals surface area contributed by atoms with Gasteiger partial charge in [-0.2, -0.15) is 5.10 Å². The minimum absolute atomic E-state index is 0.123. The molecule has 1 heterocycles. The van der Waals surface area contributed by atoms with Crippen LogP contribution in [0.25, 0.3) is 0 Å². The topological polar surface area (TPSA) is 119 Å². The number of carbonyl (C=O) groups excluding carboxylic acids is 3. The summed E-state index contributed by atoms with van der Waals surface area (Å²) in [7, 11) is 0. The van der Waals surface area contributed by atoms with E-state index in [1.54, 1.807) is 53.4 Å². The maximum atomic E-state index is 12.3. The second kappa shape index (κ2) is 13.7. The van der Waals surface area contributed by atoms with Crippen LogP contribution in [0.2, 0.25) is 0 Å². The maximum Gasteiger partial charge on any atom is 0.329 e. The van der Waals surface area contributed by atoms with E-state index in [-0.39, 0.29) is 12.5 Å². The molecule has 2 N–H and O–H groups in total. The number of ether oxygens (including phenoxy) is 3. The number of benzene rings is 2. The lowest BCUT2D eigenvalue weighted by atomic mass is 10.2. The Morgan fingerprint density at radius 3 is 2.51 bits per heavy atom. The SMILES string of the molecule is CCCCOc1ccc(NC(=O)C(=O)N/N=C\c2ccccc2OCC(=O)N2CCOCC2)cc1. The molecular formula is C25H30N4O6. The second-order valence-electron chi connectivity index (χ2n) is 7.70. The van der Waals surface area contributed by atoms with Gasteiger partial charge in [-0.15, -0.1) is 0 Å². The predicted octanol–water partition coefficient (Wildman–Crippen LogP) is 2.19. The summed E-state index contributed by atoms with van der Waals surface area (Å²) in [6, 6.07) is 13.7. The van der Waals surface area contributed by atoms with E-state index in [0.717, 1.165) is 12.8 Å². The van der Waals surface area contributed by atoms with Gasteiger partial charge in [0.25, 0.3) is 5.91 Å². The average Bonchev–Trinajstić information content (AvgIpc) is 2.89. The fraction of sp³-hybridized carbons (Fsp3) is 0.360. The Balaban J connectivity index is 1.47. The number of anilines is 1. The lowest BCUT2D eigenvalue weighted by Crippen LogP contribution is -2.43. The number of unbranched alkanes of at least 4 members (excludes halogenated alkanes) is 1. The molecule has 0 atom stereocenters. The molecule has 2 aromatic rings. The van der Waals surface area contributed by atoms with Gasteiger partial charge < -0.3 is 24.4 Å². The number of hydrazone groups is 1. The second-order valence-corrected chi connectivity index (χ2v) is 7.70. The van der Waals surface area contributed by atoms with E-state index in [2.05, 4.69) is 22.8 Å². The average molecular weight is 483 g/mol. The number of hydrogen-bond acceptors (Lipinski definition) is 7. The van der Waals surface area contributed by atoms with Crippen molar-refractivity contribution in [3.63, 3.8) is 0 Å². The summed E-state index contributed by atoms with van der Waals surface area (Å²) < 4.78 is 16.5. The van der Waals surface area contributed by atoms with E-state index in [0.29, 0.717) is 55.7 Å². The Bertz CT molecular complexity index is 1020. The number of nitrogens with one attached hydrogen (secondary N) is 2. The molecule has 0 bridgehead atoms. The number of hydrogen-bond donors (Lipinski definition) is 2. The molecule has 10 heteroatoms. The molecule has 1 aliphatic rings. The molecule has 0 radical (unpaired) electrons. The first kappa shape index (κ1) is 25.7. The number of para-hydroxylation sites is 1. The highest BCUT2D eigenvalue weighted by molar-refractivity contribution is 6.39. The van der Waals surface area contributed by atoms with Gasteiger partial charge in [-0.3, -0.25) is 14.4 Å². The van der Waals surface area contributed by atoms with Crippen molar-refractivity contribution in [2.75, 3.05) is 44.8 Å². The summed E-state index contributed by atoms with van der Waals surface area (Å²) >= 11 is 0. The Morgan fingerprint density at radius 2 is 1.77 bits per heavy atom. The summed E-state index contributed by atoms with van der Waals surface area (Å²) in [5, 5.41) is 6.34. The zero-order chi connectivity index (χ0) is 24.9. The summed E-state index contributed by atoms with van der Waals surface area (Å²) in [6.45, 7) is 4.69. The normalized spacial score (nSPS) is 13.3. The molecular weight excluding hydrogens is 452 g/mol. The van der Waals surface area contributed by atoms with E-state index in [9.17, 15) is 14.4 Å². The van der Waals surface area contributed by atoms with Crippen LogP contribution in [0.3, 0.4) is 0 Å². The van der Waals surface area contributed by atoms with Gasteiger partial charge in [0, 0.05) is 24.3 Å². The fourth-order valence-electron chi connectivity index (χ4n) is 3.13. The zero-order valence-electron chi connectivity index (χ0n) is 19.7. The van der Waals surface area contributed by atoms with Gasteiger partial charge >= 0.3 is 11.8 Å². The van der Waals surface area contributed by atoms with Gasteiger partial charge in [0.2, 0.25) is 0 Å². The molecule has 0 aliphatic carbocycles. The Hall–Kier alpha value is -3.92. The highest BCUT2D eigenvalue weighted by atomic mass is 16.5. The van der Waals surface area contributed by atoms with Gasteiger partial charge in [-0.1, -0.05) is 25.5 Å². The molecule has 2 aromatic carbocycles. The summed E-state index contributed by atoms with van der Waals surface area (Å²) in [5.74, 6) is -0.797. The van der Waals surface area contributed by atoms with Crippen LogP contribution in [0.5, 0.6) is 11.5 Å². The molecule has 1 saturated heterocycles. The lowest BCUT2D eigenvalue weighted by molar-refractivity contribution is -0.137. The van der Waals surface area contributed by atoms with Gasteiger partial charge in [-0.05, 0) is 42.8 Å². The van der Waals surface area contributed by atoms with E-state index < -0.39 is 11.8 Å². The molecule has 0 spiro atoms. The van der Waals surface area contributed by atoms with E-state index >= 15 is 0 Å². The molecule has 0 unspecified atom stereocenters. The fourth-order valence-corrected chi connectivity index (χ4v) is 3.13. The predicted molar refractivity (Wildman–Crippen MR) is 131 cm³/mol. The highest BCUT2D eigenvalue weighted by Crippen LogP contribution is 2.17. The minimum Gasteiger partial charge on any atom is -0.494 e. The molecule has 35 heavy (non-hydrogen) atoms. The van der Waals surface area contributed by atoms with Crippen molar-refractivity contribution in [1.29, 1.82) is 0 Å². The molecule has 3 amide bonds. The van der Waals surface area contributed by atoms with E-state index in [1.807, 2.05) is 0 Å². The summed E-state index contributed by atoms with van der Waals surface area (Å²) in [5.41, 5.74) is 3.19. The van der Waals surface area contributed by atoms with Crippen molar-refractivity contribution in [2.45, 2.75) is 19.8 Å². The van der Waals surface area contributed by atoms with Crippen molar-refractivity contribution in [1.82, 2.24) is 10.3 Å². The van der Waals surface area contributed by atoms with Crippen LogP contribution in [0.4, 0.5) is 5.69 Å². The van der Waals surface area contributed by atoms with E-state index in [4.69, 9.17) is 14.2 Å². The van der Waals surface area contributed by atoms with Crippen LogP contribution >= 0.6 is 0 Å². The standard InChI is InChI=1S/C25H30N4O6/c1-2-3-14-34-21-10-8-20(9-11-21)27-24(31)25(32)28-26-17-19-6-4-5-7-22(19)35-18-23(30)29-12-15-33-16-13-29/h4-11,17H,2-3,12-16,18H2,1H3,(H,27,31)(H,28,32)/b26-17-. The molecule has 3 rings (SSSR count). The summed E-state index contributed by atoms with van der Waals surface area (Å²) in [4.78, 5) is 38.2. The third-order valence-electron chi connectivity index (χ3n) is 5.09. The molecule has 1 aliphatic heterocycles. The van der Waals surface area contributed by atoms with Gasteiger partial charge in [-0.25, -0.2) is 5.43 Å². The Labute approximate surface area is 204 Å². The van der Waals surface area contributed by atoms with Crippen molar-refractivity contribution in [3.05, 3.63) is 54.1 Å². The number of morpholine rings is 1. The highest BCUT2D eigenvalue weighted by Gasteiger charge is 2.17. The number of carbonyl (C=O) groups is 3. The van der Waals surface area contributed by atoms with Gasteiger partial charge in [0.05, 0.1) is 26.0 Å². The minimum atomic E-state index is -0.926. The van der Waals surface area contributed by atoms with Crippen molar-refractivity contribution in [3.8, 4) is 11.5 Å². The first-order chi connectivity index (χ1) is 17.1. The van der Waals surface area contributed by atoms with Crippen LogP contribution in [0, 0.1) is 0 Å². The van der Waals surface area contributed by atoms with Crippen molar-refractivity contribution in [2.24, 2.45) is 5.10 Å². The first-order valence-electron chi connectivity index (χ1n) is 11.5. The third-order valence-corrected chi connectivity index (χ3v) is 5.09. The number of amides is 3. The molecule has 0 aromatic heterocycles. The maximum absolute atomic E-state index is 12.3. The lowest BCUT2D eigenvalue weighted by Gasteiger charge is -2.26. The van der Waals surface area contributed by atoms with Crippen LogP contribution in [-0.2, 0) is 19.1 Å². The Kier molecular flexibility index (Phi) is 10.1. The first-order valence-corrected chi connectivity index (χ1v) is 11.5. The van der Waals surface area contributed by atoms with Crippen molar-refractivity contribution < 1.29 is 28.6 Å². The van der Waals surface area contributed by atoms with Crippen LogP contribution in [-0.4, -0.2) is 68.4 Å². The van der Waals surface area contributed by atoms with Crippen molar-refractivity contribution >= 4 is 29.6 Å². The van der Waals surface area contributed by atoms with Crippen LogP contribution in [0.15, 0.2) is 53.6 Å². The quantitative estimate of drug-likeness (QED) is 0.232. The molecule has 10 nitrogen and oxygen atoms in total. The Morgan fingerprint density at radius 1 is 1.03 bits per heavy atom. The molecule has 0 saturated carbocycles. The zero-order valence-corrected chi connectivity index (χ0v) is 19.7. The van der Waals surface area contributed by atoms with Gasteiger partial charge in [0.1, 0.15) is 11.5 Å². The smallest absolute Gasteiger partial charge is 0.329 e. The van der Waals surface area contributed by atoms with Crippen LogP contribution < -0.4 is 20.2 Å². The van der Waals surface area contributed by atoms with E-state index in [1.165, 1.54) is 6.21 Å². The molecule has 1 fully saturated rings. The molecule has 186 valence electrons. The number of nitrogens with zero attached hydrogens (tertiary/aromatic N) is 2. The largest absolute Gasteiger partial charge is 0.494 e.